The summed E-state index contributed by atoms with van der Waals surface area (Å²) >= 11 is 0. The number of nitrogens with zero attached hydrogens (tertiary/aromatic N) is 3. The minimum absolute atomic E-state index is 0.106. The Labute approximate surface area is 118 Å². The minimum atomic E-state index is -0.431. The molecule has 0 aromatic carbocycles. The van der Waals surface area contributed by atoms with Crippen LogP contribution in [0.3, 0.4) is 0 Å². The van der Waals surface area contributed by atoms with Crippen LogP contribution in [0, 0.1) is 6.92 Å². The van der Waals surface area contributed by atoms with E-state index < -0.39 is 6.04 Å². The molecule has 2 heterocycles. The van der Waals surface area contributed by atoms with E-state index in [1.165, 1.54) is 6.20 Å². The maximum absolute atomic E-state index is 12.4. The number of aryl methyl sites for hydroxylation is 1. The zero-order valence-corrected chi connectivity index (χ0v) is 12.1. The first kappa shape index (κ1) is 14.5. The Morgan fingerprint density at radius 1 is 1.45 bits per heavy atom. The van der Waals surface area contributed by atoms with E-state index in [1.54, 1.807) is 11.8 Å². The second kappa shape index (κ2) is 5.62. The van der Waals surface area contributed by atoms with Crippen LogP contribution >= 0.6 is 0 Å². The van der Waals surface area contributed by atoms with Gasteiger partial charge in [0.25, 0.3) is 5.91 Å². The van der Waals surface area contributed by atoms with E-state index in [1.807, 2.05) is 18.7 Å². The number of hydrogen-bond donors (Lipinski definition) is 2. The standard InChI is InChI=1S/C13H21N5O2/c1-8(2)18-5-4-17(7-11(18)12(14)19)13(20)10-6-15-16-9(10)3/h6,8,11H,4-5,7H2,1-3H3,(H2,14,19)(H,15,16). The van der Waals surface area contributed by atoms with Crippen LogP contribution in [-0.2, 0) is 4.79 Å². The molecule has 20 heavy (non-hydrogen) atoms. The molecule has 1 saturated heterocycles. The molecule has 0 saturated carbocycles. The molecule has 1 fully saturated rings. The zero-order chi connectivity index (χ0) is 14.9. The minimum Gasteiger partial charge on any atom is -0.368 e. The highest BCUT2D eigenvalue weighted by Crippen LogP contribution is 2.16. The normalized spacial score (nSPS) is 20.4. The SMILES string of the molecule is Cc1[nH]ncc1C(=O)N1CCN(C(C)C)C(C(N)=O)C1. The van der Waals surface area contributed by atoms with Crippen LogP contribution < -0.4 is 5.73 Å². The highest BCUT2D eigenvalue weighted by atomic mass is 16.2. The van der Waals surface area contributed by atoms with Gasteiger partial charge in [0.1, 0.15) is 6.04 Å². The lowest BCUT2D eigenvalue weighted by Crippen LogP contribution is -2.61. The van der Waals surface area contributed by atoms with Crippen molar-refractivity contribution in [2.45, 2.75) is 32.9 Å². The van der Waals surface area contributed by atoms with Crippen molar-refractivity contribution >= 4 is 11.8 Å². The summed E-state index contributed by atoms with van der Waals surface area (Å²) in [6, 6.07) is -0.208. The van der Waals surface area contributed by atoms with E-state index in [2.05, 4.69) is 10.2 Å². The Morgan fingerprint density at radius 3 is 2.65 bits per heavy atom. The average molecular weight is 279 g/mol. The predicted octanol–water partition coefficient (Wildman–Crippen LogP) is -0.262. The molecule has 0 aliphatic carbocycles. The maximum atomic E-state index is 12.4. The lowest BCUT2D eigenvalue weighted by molar-refractivity contribution is -0.126. The van der Waals surface area contributed by atoms with Gasteiger partial charge in [0.15, 0.2) is 0 Å². The van der Waals surface area contributed by atoms with Crippen LogP contribution in [0.1, 0.15) is 29.9 Å². The zero-order valence-electron chi connectivity index (χ0n) is 12.1. The molecule has 1 aliphatic rings. The fraction of sp³-hybridized carbons (Fsp3) is 0.615. The number of H-pyrrole nitrogens is 1. The summed E-state index contributed by atoms with van der Waals surface area (Å²) in [5, 5.41) is 6.61. The Kier molecular flexibility index (Phi) is 4.08. The average Bonchev–Trinajstić information content (AvgIpc) is 2.83. The Balaban J connectivity index is 2.15. The molecule has 2 amide bonds. The third kappa shape index (κ3) is 2.67. The Bertz CT molecular complexity index is 511. The van der Waals surface area contributed by atoms with Gasteiger partial charge in [-0.05, 0) is 20.8 Å². The summed E-state index contributed by atoms with van der Waals surface area (Å²) < 4.78 is 0. The number of amides is 2. The number of primary amides is 1. The van der Waals surface area contributed by atoms with Gasteiger partial charge in [0.2, 0.25) is 5.91 Å². The summed E-state index contributed by atoms with van der Waals surface area (Å²) in [6.45, 7) is 7.41. The van der Waals surface area contributed by atoms with Crippen molar-refractivity contribution in [2.75, 3.05) is 19.6 Å². The molecular weight excluding hydrogens is 258 g/mol. The van der Waals surface area contributed by atoms with Gasteiger partial charge in [-0.2, -0.15) is 5.10 Å². The van der Waals surface area contributed by atoms with Crippen molar-refractivity contribution in [3.8, 4) is 0 Å². The molecule has 2 rings (SSSR count). The number of carbonyl (C=O) groups excluding carboxylic acids is 2. The van der Waals surface area contributed by atoms with Crippen LogP contribution in [0.15, 0.2) is 6.20 Å². The smallest absolute Gasteiger partial charge is 0.257 e. The van der Waals surface area contributed by atoms with E-state index in [-0.39, 0.29) is 17.9 Å². The van der Waals surface area contributed by atoms with Gasteiger partial charge in [0, 0.05) is 31.4 Å². The van der Waals surface area contributed by atoms with E-state index in [0.29, 0.717) is 25.2 Å². The number of nitrogens with two attached hydrogens (primary N) is 1. The van der Waals surface area contributed by atoms with E-state index in [0.717, 1.165) is 5.69 Å². The molecule has 0 spiro atoms. The van der Waals surface area contributed by atoms with E-state index in [9.17, 15) is 9.59 Å². The van der Waals surface area contributed by atoms with Crippen LogP contribution in [0.4, 0.5) is 0 Å². The van der Waals surface area contributed by atoms with Crippen LogP contribution in [0.5, 0.6) is 0 Å². The number of carbonyl (C=O) groups is 2. The molecule has 1 aromatic heterocycles. The first-order valence-electron chi connectivity index (χ1n) is 6.76. The first-order chi connectivity index (χ1) is 9.41. The van der Waals surface area contributed by atoms with Crippen molar-refractivity contribution in [2.24, 2.45) is 5.73 Å². The van der Waals surface area contributed by atoms with Gasteiger partial charge in [-0.3, -0.25) is 19.6 Å². The summed E-state index contributed by atoms with van der Waals surface area (Å²) in [7, 11) is 0. The van der Waals surface area contributed by atoms with Gasteiger partial charge in [0.05, 0.1) is 11.8 Å². The van der Waals surface area contributed by atoms with Gasteiger partial charge >= 0.3 is 0 Å². The second-order valence-electron chi connectivity index (χ2n) is 5.41. The van der Waals surface area contributed by atoms with Gasteiger partial charge in [-0.25, -0.2) is 0 Å². The molecule has 0 bridgehead atoms. The van der Waals surface area contributed by atoms with Gasteiger partial charge < -0.3 is 10.6 Å². The van der Waals surface area contributed by atoms with E-state index in [4.69, 9.17) is 5.73 Å². The fourth-order valence-electron chi connectivity index (χ4n) is 2.59. The molecule has 7 nitrogen and oxygen atoms in total. The Morgan fingerprint density at radius 2 is 2.15 bits per heavy atom. The molecule has 1 aromatic rings. The van der Waals surface area contributed by atoms with Gasteiger partial charge in [-0.15, -0.1) is 0 Å². The number of aromatic nitrogens is 2. The maximum Gasteiger partial charge on any atom is 0.257 e. The molecule has 7 heteroatoms. The van der Waals surface area contributed by atoms with Crippen LogP contribution in [0.25, 0.3) is 0 Å². The number of hydrogen-bond acceptors (Lipinski definition) is 4. The molecule has 1 unspecified atom stereocenters. The second-order valence-corrected chi connectivity index (χ2v) is 5.41. The largest absolute Gasteiger partial charge is 0.368 e. The molecule has 0 radical (unpaired) electrons. The summed E-state index contributed by atoms with van der Waals surface area (Å²) in [4.78, 5) is 27.7. The fourth-order valence-corrected chi connectivity index (χ4v) is 2.59. The molecular formula is C13H21N5O2. The number of aromatic amines is 1. The molecule has 3 N–H and O–H groups in total. The topological polar surface area (TPSA) is 95.3 Å². The lowest BCUT2D eigenvalue weighted by atomic mass is 10.1. The van der Waals surface area contributed by atoms with Crippen molar-refractivity contribution in [1.29, 1.82) is 0 Å². The lowest BCUT2D eigenvalue weighted by Gasteiger charge is -2.41. The number of piperazine rings is 1. The molecule has 110 valence electrons. The molecule has 1 aliphatic heterocycles. The number of nitrogens with one attached hydrogen (secondary N) is 1. The van der Waals surface area contributed by atoms with Gasteiger partial charge in [-0.1, -0.05) is 0 Å². The van der Waals surface area contributed by atoms with Crippen LogP contribution in [0.2, 0.25) is 0 Å². The summed E-state index contributed by atoms with van der Waals surface area (Å²) in [5.74, 6) is -0.494. The quantitative estimate of drug-likeness (QED) is 0.796. The van der Waals surface area contributed by atoms with Crippen molar-refractivity contribution in [1.82, 2.24) is 20.0 Å². The van der Waals surface area contributed by atoms with Crippen molar-refractivity contribution in [3.63, 3.8) is 0 Å². The highest BCUT2D eigenvalue weighted by molar-refractivity contribution is 5.95. The monoisotopic (exact) mass is 279 g/mol. The summed E-state index contributed by atoms with van der Waals surface area (Å²) in [5.41, 5.74) is 6.75. The van der Waals surface area contributed by atoms with Crippen molar-refractivity contribution < 1.29 is 9.59 Å². The summed E-state index contributed by atoms with van der Waals surface area (Å²) in [6.07, 6.45) is 1.52. The predicted molar refractivity (Wildman–Crippen MR) is 74.1 cm³/mol. The van der Waals surface area contributed by atoms with Crippen molar-refractivity contribution in [3.05, 3.63) is 17.5 Å². The highest BCUT2D eigenvalue weighted by Gasteiger charge is 2.35. The van der Waals surface area contributed by atoms with E-state index >= 15 is 0 Å². The third-order valence-electron chi connectivity index (χ3n) is 3.76. The van der Waals surface area contributed by atoms with Crippen LogP contribution in [-0.4, -0.2) is 63.5 Å². The third-order valence-corrected chi connectivity index (χ3v) is 3.76. The first-order valence-corrected chi connectivity index (χ1v) is 6.76. The molecule has 1 atom stereocenters. The Hall–Kier alpha value is -1.89. The number of rotatable bonds is 3.